The average Bonchev–Trinajstić information content (AvgIpc) is 2.80. The Morgan fingerprint density at radius 1 is 1.03 bits per heavy atom. The van der Waals surface area contributed by atoms with E-state index in [4.69, 9.17) is 8.92 Å². The summed E-state index contributed by atoms with van der Waals surface area (Å²) in [6, 6.07) is 17.3. The van der Waals surface area contributed by atoms with E-state index in [0.29, 0.717) is 5.56 Å². The molecule has 0 spiro atoms. The fourth-order valence-corrected chi connectivity index (χ4v) is 3.54. The van der Waals surface area contributed by atoms with Crippen LogP contribution in [0.5, 0.6) is 11.5 Å². The Balaban J connectivity index is 1.72. The number of nitrogens with one attached hydrogen (secondary N) is 1. The van der Waals surface area contributed by atoms with Crippen LogP contribution in [-0.2, 0) is 10.1 Å². The minimum absolute atomic E-state index is 0.00319. The van der Waals surface area contributed by atoms with Crippen molar-refractivity contribution in [2.45, 2.75) is 4.90 Å². The Kier molecular flexibility index (Phi) is 6.80. The van der Waals surface area contributed by atoms with Crippen LogP contribution in [0.4, 0.5) is 5.69 Å². The van der Waals surface area contributed by atoms with Crippen molar-refractivity contribution in [1.29, 1.82) is 0 Å². The monoisotopic (exact) mass is 455 g/mol. The van der Waals surface area contributed by atoms with Gasteiger partial charge in [0.25, 0.3) is 11.6 Å². The van der Waals surface area contributed by atoms with E-state index >= 15 is 0 Å². The molecule has 0 bridgehead atoms. The van der Waals surface area contributed by atoms with Gasteiger partial charge in [-0.3, -0.25) is 14.9 Å². The van der Waals surface area contributed by atoms with Crippen molar-refractivity contribution < 1.29 is 27.1 Å². The van der Waals surface area contributed by atoms with Gasteiger partial charge < -0.3 is 8.92 Å². The molecule has 0 unspecified atom stereocenters. The largest absolute Gasteiger partial charge is 0.493 e. The molecule has 0 aliphatic rings. The number of hydrazone groups is 1. The first-order valence-electron chi connectivity index (χ1n) is 9.05. The maximum absolute atomic E-state index is 12.4. The zero-order valence-corrected chi connectivity index (χ0v) is 17.5. The summed E-state index contributed by atoms with van der Waals surface area (Å²) in [4.78, 5) is 22.3. The molecule has 1 amide bonds. The van der Waals surface area contributed by atoms with Crippen molar-refractivity contribution in [2.24, 2.45) is 5.10 Å². The number of carbonyl (C=O) groups excluding carboxylic acids is 1. The lowest BCUT2D eigenvalue weighted by Gasteiger charge is -2.11. The van der Waals surface area contributed by atoms with E-state index in [9.17, 15) is 23.3 Å². The van der Waals surface area contributed by atoms with Gasteiger partial charge in [0, 0.05) is 17.7 Å². The number of rotatable bonds is 8. The number of non-ortho nitro benzene ring substituents is 1. The molecule has 11 heteroatoms. The molecular formula is C21H17N3O7S. The summed E-state index contributed by atoms with van der Waals surface area (Å²) in [5.74, 6) is -0.515. The van der Waals surface area contributed by atoms with Gasteiger partial charge in [-0.05, 0) is 42.0 Å². The molecule has 32 heavy (non-hydrogen) atoms. The smallest absolute Gasteiger partial charge is 0.339 e. The summed E-state index contributed by atoms with van der Waals surface area (Å²) in [6.45, 7) is 0. The van der Waals surface area contributed by atoms with Crippen molar-refractivity contribution in [3.63, 3.8) is 0 Å². The molecule has 164 valence electrons. The maximum atomic E-state index is 12.4. The molecule has 10 nitrogen and oxygen atoms in total. The molecule has 0 saturated heterocycles. The molecule has 0 radical (unpaired) electrons. The molecule has 0 atom stereocenters. The SMILES string of the molecule is COc1cc(/C=N/NC(=O)c2cccc([N+](=O)[O-])c2)ccc1OS(=O)(=O)c1ccccc1. The highest BCUT2D eigenvalue weighted by Gasteiger charge is 2.19. The van der Waals surface area contributed by atoms with Crippen molar-refractivity contribution in [3.05, 3.63) is 94.0 Å². The molecule has 3 rings (SSSR count). The lowest BCUT2D eigenvalue weighted by Crippen LogP contribution is -2.17. The average molecular weight is 455 g/mol. The number of ether oxygens (including phenoxy) is 1. The summed E-state index contributed by atoms with van der Waals surface area (Å²) < 4.78 is 35.2. The minimum atomic E-state index is -4.05. The minimum Gasteiger partial charge on any atom is -0.493 e. The van der Waals surface area contributed by atoms with Crippen molar-refractivity contribution >= 4 is 27.9 Å². The van der Waals surface area contributed by atoms with E-state index in [2.05, 4.69) is 10.5 Å². The molecule has 0 aromatic heterocycles. The molecule has 0 heterocycles. The normalized spacial score (nSPS) is 11.2. The third-order valence-corrected chi connectivity index (χ3v) is 5.37. The summed E-state index contributed by atoms with van der Waals surface area (Å²) in [7, 11) is -2.70. The molecule has 3 aromatic carbocycles. The standard InChI is InChI=1S/C21H17N3O7S/c1-30-20-12-15(10-11-19(20)31-32(28,29)18-8-3-2-4-9-18)14-22-23-21(25)16-6-5-7-17(13-16)24(26)27/h2-14H,1H3,(H,23,25)/b22-14+. The van der Waals surface area contributed by atoms with Crippen molar-refractivity contribution in [2.75, 3.05) is 7.11 Å². The second-order valence-electron chi connectivity index (χ2n) is 6.27. The number of hydrogen-bond donors (Lipinski definition) is 1. The fraction of sp³-hybridized carbons (Fsp3) is 0.0476. The van der Waals surface area contributed by atoms with Crippen molar-refractivity contribution in [3.8, 4) is 11.5 Å². The third-order valence-electron chi connectivity index (χ3n) is 4.12. The number of hydrogen-bond acceptors (Lipinski definition) is 8. The van der Waals surface area contributed by atoms with Crippen molar-refractivity contribution in [1.82, 2.24) is 5.43 Å². The van der Waals surface area contributed by atoms with E-state index in [1.807, 2.05) is 0 Å². The Morgan fingerprint density at radius 3 is 2.47 bits per heavy atom. The molecule has 0 saturated carbocycles. The van der Waals surface area contributed by atoms with Gasteiger partial charge in [-0.2, -0.15) is 13.5 Å². The number of amides is 1. The number of nitrogens with zero attached hydrogens (tertiary/aromatic N) is 2. The van der Waals surface area contributed by atoms with Gasteiger partial charge in [0.05, 0.1) is 18.2 Å². The molecule has 0 aliphatic carbocycles. The van der Waals surface area contributed by atoms with Gasteiger partial charge >= 0.3 is 10.1 Å². The lowest BCUT2D eigenvalue weighted by atomic mass is 10.2. The Bertz CT molecular complexity index is 1280. The van der Waals surface area contributed by atoms with Gasteiger partial charge in [-0.25, -0.2) is 5.43 Å². The fourth-order valence-electron chi connectivity index (χ4n) is 2.58. The van der Waals surface area contributed by atoms with E-state index in [-0.39, 0.29) is 27.6 Å². The second kappa shape index (κ2) is 9.71. The highest BCUT2D eigenvalue weighted by atomic mass is 32.2. The maximum Gasteiger partial charge on any atom is 0.339 e. The first kappa shape index (κ1) is 22.4. The first-order valence-corrected chi connectivity index (χ1v) is 10.5. The summed E-state index contributed by atoms with van der Waals surface area (Å²) in [6.07, 6.45) is 1.30. The zero-order valence-electron chi connectivity index (χ0n) is 16.7. The Morgan fingerprint density at radius 2 is 1.78 bits per heavy atom. The van der Waals surface area contributed by atoms with Gasteiger partial charge in [0.2, 0.25) is 0 Å². The highest BCUT2D eigenvalue weighted by Crippen LogP contribution is 2.30. The van der Waals surface area contributed by atoms with Crippen LogP contribution in [0.25, 0.3) is 0 Å². The van der Waals surface area contributed by atoms with Crippen LogP contribution in [0.3, 0.4) is 0 Å². The predicted molar refractivity (Wildman–Crippen MR) is 115 cm³/mol. The molecule has 1 N–H and O–H groups in total. The van der Waals surface area contributed by atoms with E-state index in [0.717, 1.165) is 6.07 Å². The van der Waals surface area contributed by atoms with Crippen LogP contribution in [0.2, 0.25) is 0 Å². The summed E-state index contributed by atoms with van der Waals surface area (Å²) in [5, 5.41) is 14.6. The van der Waals surface area contributed by atoms with Crippen LogP contribution in [0.1, 0.15) is 15.9 Å². The van der Waals surface area contributed by atoms with Crippen LogP contribution < -0.4 is 14.3 Å². The number of benzene rings is 3. The Hall–Kier alpha value is -4.25. The highest BCUT2D eigenvalue weighted by molar-refractivity contribution is 7.87. The van der Waals surface area contributed by atoms with Gasteiger partial charge in [0.15, 0.2) is 11.5 Å². The number of methoxy groups -OCH3 is 1. The second-order valence-corrected chi connectivity index (χ2v) is 7.81. The van der Waals surface area contributed by atoms with Crippen LogP contribution in [-0.4, -0.2) is 32.6 Å². The van der Waals surface area contributed by atoms with Crippen LogP contribution in [0, 0.1) is 10.1 Å². The lowest BCUT2D eigenvalue weighted by molar-refractivity contribution is -0.384. The van der Waals surface area contributed by atoms with Gasteiger partial charge in [0.1, 0.15) is 4.90 Å². The summed E-state index contributed by atoms with van der Waals surface area (Å²) >= 11 is 0. The number of carbonyl (C=O) groups is 1. The quantitative estimate of drug-likeness (QED) is 0.238. The molecule has 0 aliphatic heterocycles. The predicted octanol–water partition coefficient (Wildman–Crippen LogP) is 3.14. The van der Waals surface area contributed by atoms with E-state index in [1.165, 1.54) is 61.9 Å². The number of nitro groups is 1. The first-order chi connectivity index (χ1) is 15.3. The summed E-state index contributed by atoms with van der Waals surface area (Å²) in [5.41, 5.74) is 2.60. The van der Waals surface area contributed by atoms with Gasteiger partial charge in [-0.15, -0.1) is 0 Å². The topological polar surface area (TPSA) is 137 Å². The van der Waals surface area contributed by atoms with Crippen LogP contribution in [0.15, 0.2) is 82.8 Å². The molecule has 0 fully saturated rings. The zero-order chi connectivity index (χ0) is 23.1. The third kappa shape index (κ3) is 5.46. The molecule has 3 aromatic rings. The van der Waals surface area contributed by atoms with Crippen LogP contribution >= 0.6 is 0 Å². The number of nitro benzene ring substituents is 1. The van der Waals surface area contributed by atoms with E-state index < -0.39 is 20.9 Å². The van der Waals surface area contributed by atoms with Gasteiger partial charge in [-0.1, -0.05) is 24.3 Å². The Labute approximate surface area is 183 Å². The van der Waals surface area contributed by atoms with E-state index in [1.54, 1.807) is 18.2 Å². The molecular weight excluding hydrogens is 438 g/mol.